The maximum absolute atomic E-state index is 12.9. The van der Waals surface area contributed by atoms with Crippen LogP contribution in [0, 0.1) is 12.8 Å². The first-order chi connectivity index (χ1) is 14.1. The molecule has 2 fully saturated rings. The summed E-state index contributed by atoms with van der Waals surface area (Å²) < 4.78 is 1.46. The van der Waals surface area contributed by atoms with Crippen molar-refractivity contribution in [1.82, 2.24) is 14.7 Å². The minimum absolute atomic E-state index is 0.137. The second kappa shape index (κ2) is 8.80. The fraction of sp³-hybridized carbons (Fsp3) is 0.522. The molecule has 2 aliphatic rings. The second-order valence-electron chi connectivity index (χ2n) is 8.28. The predicted molar refractivity (Wildman–Crippen MR) is 115 cm³/mol. The fourth-order valence-corrected chi connectivity index (χ4v) is 4.42. The van der Waals surface area contributed by atoms with E-state index in [0.29, 0.717) is 5.91 Å². The van der Waals surface area contributed by atoms with Crippen LogP contribution in [-0.4, -0.2) is 46.8 Å². The lowest BCUT2D eigenvalue weighted by atomic mass is 9.88. The molecule has 0 radical (unpaired) electrons. The van der Waals surface area contributed by atoms with Gasteiger partial charge in [-0.05, 0) is 44.4 Å². The average Bonchev–Trinajstić information content (AvgIpc) is 3.01. The van der Waals surface area contributed by atoms with Crippen LogP contribution in [0.25, 0.3) is 5.69 Å². The van der Waals surface area contributed by atoms with Crippen LogP contribution in [-0.2, 0) is 4.79 Å². The van der Waals surface area contributed by atoms with Crippen molar-refractivity contribution in [3.05, 3.63) is 52.3 Å². The molecule has 1 aliphatic carbocycles. The van der Waals surface area contributed by atoms with Gasteiger partial charge in [-0.15, -0.1) is 5.10 Å². The van der Waals surface area contributed by atoms with Gasteiger partial charge in [0.25, 0.3) is 5.56 Å². The third-order valence-corrected chi connectivity index (χ3v) is 6.15. The van der Waals surface area contributed by atoms with Gasteiger partial charge in [-0.3, -0.25) is 9.59 Å². The number of amides is 1. The van der Waals surface area contributed by atoms with Crippen LogP contribution in [0.2, 0.25) is 0 Å². The maximum Gasteiger partial charge on any atom is 0.271 e. The molecular formula is C23H30N4O2. The van der Waals surface area contributed by atoms with E-state index < -0.39 is 0 Å². The van der Waals surface area contributed by atoms with E-state index in [1.807, 2.05) is 36.1 Å². The van der Waals surface area contributed by atoms with E-state index in [9.17, 15) is 9.59 Å². The zero-order valence-corrected chi connectivity index (χ0v) is 17.2. The summed E-state index contributed by atoms with van der Waals surface area (Å²) >= 11 is 0. The molecule has 1 aromatic carbocycles. The summed E-state index contributed by atoms with van der Waals surface area (Å²) in [5.41, 5.74) is 1.78. The van der Waals surface area contributed by atoms with Gasteiger partial charge in [-0.1, -0.05) is 37.0 Å². The summed E-state index contributed by atoms with van der Waals surface area (Å²) in [5, 5.41) is 4.62. The smallest absolute Gasteiger partial charge is 0.271 e. The standard InChI is InChI=1S/C23H30N4O2/c1-18-8-10-20(11-9-18)27-22(28)13-12-21(24-27)25-14-5-15-26(17-16-25)23(29)19-6-3-2-4-7-19/h8-13,19H,2-7,14-17H2,1H3. The van der Waals surface area contributed by atoms with Crippen molar-refractivity contribution in [2.24, 2.45) is 5.92 Å². The summed E-state index contributed by atoms with van der Waals surface area (Å²) in [6.45, 7) is 5.14. The Kier molecular flexibility index (Phi) is 5.97. The molecule has 1 aromatic heterocycles. The normalized spacial score (nSPS) is 18.5. The van der Waals surface area contributed by atoms with Crippen molar-refractivity contribution in [2.75, 3.05) is 31.1 Å². The highest BCUT2D eigenvalue weighted by Gasteiger charge is 2.27. The molecule has 0 atom stereocenters. The molecule has 1 saturated heterocycles. The van der Waals surface area contributed by atoms with Gasteiger partial charge in [0.05, 0.1) is 5.69 Å². The number of anilines is 1. The molecule has 0 N–H and O–H groups in total. The number of benzene rings is 1. The number of hydrogen-bond acceptors (Lipinski definition) is 4. The largest absolute Gasteiger partial charge is 0.353 e. The highest BCUT2D eigenvalue weighted by atomic mass is 16.2. The Hall–Kier alpha value is -2.63. The maximum atomic E-state index is 12.9. The van der Waals surface area contributed by atoms with Crippen molar-refractivity contribution < 1.29 is 4.79 Å². The molecule has 6 nitrogen and oxygen atoms in total. The first-order valence-corrected chi connectivity index (χ1v) is 10.8. The number of aryl methyl sites for hydroxylation is 1. The number of aromatic nitrogens is 2. The summed E-state index contributed by atoms with van der Waals surface area (Å²) in [6.07, 6.45) is 6.63. The lowest BCUT2D eigenvalue weighted by molar-refractivity contribution is -0.136. The third-order valence-electron chi connectivity index (χ3n) is 6.15. The van der Waals surface area contributed by atoms with E-state index in [1.165, 1.54) is 23.9 Å². The Morgan fingerprint density at radius 1 is 0.897 bits per heavy atom. The zero-order chi connectivity index (χ0) is 20.2. The van der Waals surface area contributed by atoms with E-state index in [2.05, 4.69) is 10.00 Å². The number of rotatable bonds is 3. The molecule has 0 spiro atoms. The van der Waals surface area contributed by atoms with Crippen molar-refractivity contribution in [3.63, 3.8) is 0 Å². The monoisotopic (exact) mass is 394 g/mol. The van der Waals surface area contributed by atoms with Crippen LogP contribution in [0.3, 0.4) is 0 Å². The van der Waals surface area contributed by atoms with E-state index in [0.717, 1.165) is 62.5 Å². The van der Waals surface area contributed by atoms with Crippen molar-refractivity contribution >= 4 is 11.7 Å². The molecule has 1 saturated carbocycles. The molecule has 2 heterocycles. The number of carbonyl (C=O) groups excluding carboxylic acids is 1. The first kappa shape index (κ1) is 19.7. The van der Waals surface area contributed by atoms with Crippen LogP contribution < -0.4 is 10.5 Å². The summed E-state index contributed by atoms with van der Waals surface area (Å²) in [7, 11) is 0. The van der Waals surface area contributed by atoms with Crippen LogP contribution in [0.15, 0.2) is 41.2 Å². The molecule has 0 unspecified atom stereocenters. The van der Waals surface area contributed by atoms with Crippen LogP contribution in [0.4, 0.5) is 5.82 Å². The molecule has 29 heavy (non-hydrogen) atoms. The molecule has 154 valence electrons. The van der Waals surface area contributed by atoms with Gasteiger partial charge in [-0.25, -0.2) is 0 Å². The Balaban J connectivity index is 1.48. The Morgan fingerprint density at radius 2 is 1.66 bits per heavy atom. The predicted octanol–water partition coefficient (Wildman–Crippen LogP) is 3.16. The van der Waals surface area contributed by atoms with Crippen LogP contribution >= 0.6 is 0 Å². The average molecular weight is 395 g/mol. The van der Waals surface area contributed by atoms with Gasteiger partial charge < -0.3 is 9.80 Å². The summed E-state index contributed by atoms with van der Waals surface area (Å²) in [4.78, 5) is 29.5. The van der Waals surface area contributed by atoms with Crippen molar-refractivity contribution in [2.45, 2.75) is 45.4 Å². The zero-order valence-electron chi connectivity index (χ0n) is 17.2. The van der Waals surface area contributed by atoms with E-state index >= 15 is 0 Å². The lowest BCUT2D eigenvalue weighted by Gasteiger charge is -2.28. The van der Waals surface area contributed by atoms with Gasteiger partial charge >= 0.3 is 0 Å². The molecule has 1 amide bonds. The molecule has 4 rings (SSSR count). The SMILES string of the molecule is Cc1ccc(-n2nc(N3CCCN(C(=O)C4CCCCC4)CC3)ccc2=O)cc1. The Morgan fingerprint density at radius 3 is 2.41 bits per heavy atom. The van der Waals surface area contributed by atoms with Crippen molar-refractivity contribution in [1.29, 1.82) is 0 Å². The third kappa shape index (κ3) is 4.52. The molecule has 6 heteroatoms. The Labute approximate surface area is 172 Å². The van der Waals surface area contributed by atoms with E-state index in [1.54, 1.807) is 12.1 Å². The van der Waals surface area contributed by atoms with E-state index in [-0.39, 0.29) is 11.5 Å². The quantitative estimate of drug-likeness (QED) is 0.802. The van der Waals surface area contributed by atoms with Crippen molar-refractivity contribution in [3.8, 4) is 5.69 Å². The minimum Gasteiger partial charge on any atom is -0.353 e. The number of carbonyl (C=O) groups is 1. The number of hydrogen-bond donors (Lipinski definition) is 0. The second-order valence-corrected chi connectivity index (χ2v) is 8.28. The minimum atomic E-state index is -0.137. The first-order valence-electron chi connectivity index (χ1n) is 10.8. The lowest BCUT2D eigenvalue weighted by Crippen LogP contribution is -2.39. The topological polar surface area (TPSA) is 58.4 Å². The van der Waals surface area contributed by atoms with Crippen LogP contribution in [0.1, 0.15) is 44.1 Å². The van der Waals surface area contributed by atoms with Gasteiger partial charge in [0, 0.05) is 38.2 Å². The summed E-state index contributed by atoms with van der Waals surface area (Å²) in [5.74, 6) is 1.35. The van der Waals surface area contributed by atoms with Gasteiger partial charge in [-0.2, -0.15) is 4.68 Å². The molecule has 1 aliphatic heterocycles. The summed E-state index contributed by atoms with van der Waals surface area (Å²) in [6, 6.07) is 11.2. The highest BCUT2D eigenvalue weighted by molar-refractivity contribution is 5.79. The van der Waals surface area contributed by atoms with Gasteiger partial charge in [0.15, 0.2) is 0 Å². The van der Waals surface area contributed by atoms with Gasteiger partial charge in [0.1, 0.15) is 5.82 Å². The molecule has 0 bridgehead atoms. The highest BCUT2D eigenvalue weighted by Crippen LogP contribution is 2.26. The van der Waals surface area contributed by atoms with Crippen LogP contribution in [0.5, 0.6) is 0 Å². The Bertz CT molecular complexity index is 900. The van der Waals surface area contributed by atoms with E-state index in [4.69, 9.17) is 0 Å². The molecular weight excluding hydrogens is 364 g/mol. The molecule has 2 aromatic rings. The fourth-order valence-electron chi connectivity index (χ4n) is 4.42. The number of nitrogens with zero attached hydrogens (tertiary/aromatic N) is 4. The van der Waals surface area contributed by atoms with Gasteiger partial charge in [0.2, 0.25) is 5.91 Å².